The highest BCUT2D eigenvalue weighted by Crippen LogP contribution is 2.24. The average molecular weight is 398 g/mol. The molecule has 0 spiro atoms. The van der Waals surface area contributed by atoms with Crippen LogP contribution in [0.4, 0.5) is 5.82 Å². The molecule has 1 aliphatic rings. The molecule has 1 amide bonds. The van der Waals surface area contributed by atoms with Crippen LogP contribution in [-0.2, 0) is 4.79 Å². The highest BCUT2D eigenvalue weighted by Gasteiger charge is 2.29. The maximum Gasteiger partial charge on any atom is 0.233 e. The number of ether oxygens (including phenoxy) is 1. The second kappa shape index (κ2) is 9.42. The topological polar surface area (TPSA) is 82.3 Å². The van der Waals surface area contributed by atoms with Crippen LogP contribution >= 0.6 is 11.8 Å². The molecule has 0 aliphatic carbocycles. The maximum absolute atomic E-state index is 12.7. The monoisotopic (exact) mass is 397 g/mol. The standard InChI is InChI=1S/C20H23N5O2S/c1-3-27-16-4-6-17(7-5-16)28-14-19(26)25-11-10-24(13-15(25)2)20-18(12-21)22-8-9-23-20/h4-9,15H,3,10-11,13-14H2,1-2H3/t15-/m0/s1. The van der Waals surface area contributed by atoms with E-state index in [1.54, 1.807) is 6.20 Å². The summed E-state index contributed by atoms with van der Waals surface area (Å²) >= 11 is 1.53. The van der Waals surface area contributed by atoms with Crippen molar-refractivity contribution in [3.8, 4) is 11.8 Å². The van der Waals surface area contributed by atoms with Crippen molar-refractivity contribution in [3.05, 3.63) is 42.4 Å². The number of piperazine rings is 1. The van der Waals surface area contributed by atoms with E-state index < -0.39 is 0 Å². The summed E-state index contributed by atoms with van der Waals surface area (Å²) in [4.78, 5) is 26.0. The molecule has 2 aromatic rings. The number of carbonyl (C=O) groups is 1. The van der Waals surface area contributed by atoms with Crippen LogP contribution in [0.5, 0.6) is 5.75 Å². The highest BCUT2D eigenvalue weighted by atomic mass is 32.2. The van der Waals surface area contributed by atoms with Crippen LogP contribution in [-0.4, -0.2) is 58.8 Å². The summed E-state index contributed by atoms with van der Waals surface area (Å²) < 4.78 is 5.44. The van der Waals surface area contributed by atoms with Gasteiger partial charge in [-0.3, -0.25) is 4.79 Å². The van der Waals surface area contributed by atoms with Gasteiger partial charge in [0, 0.05) is 43.0 Å². The second-order valence-corrected chi connectivity index (χ2v) is 7.46. The number of hydrogen-bond donors (Lipinski definition) is 0. The van der Waals surface area contributed by atoms with Crippen LogP contribution in [0.1, 0.15) is 19.5 Å². The van der Waals surface area contributed by atoms with E-state index in [-0.39, 0.29) is 11.9 Å². The number of nitriles is 1. The van der Waals surface area contributed by atoms with Crippen molar-refractivity contribution in [3.63, 3.8) is 0 Å². The fraction of sp³-hybridized carbons (Fsp3) is 0.400. The normalized spacial score (nSPS) is 16.5. The van der Waals surface area contributed by atoms with E-state index in [0.717, 1.165) is 10.6 Å². The van der Waals surface area contributed by atoms with E-state index >= 15 is 0 Å². The van der Waals surface area contributed by atoms with E-state index in [9.17, 15) is 10.1 Å². The largest absolute Gasteiger partial charge is 0.494 e. The molecule has 8 heteroatoms. The summed E-state index contributed by atoms with van der Waals surface area (Å²) in [5, 5.41) is 9.23. The third kappa shape index (κ3) is 4.73. The van der Waals surface area contributed by atoms with E-state index in [2.05, 4.69) is 16.0 Å². The number of hydrogen-bond acceptors (Lipinski definition) is 7. The molecule has 0 N–H and O–H groups in total. The minimum atomic E-state index is 0.0377. The summed E-state index contributed by atoms with van der Waals surface area (Å²) in [6.45, 7) is 6.48. The lowest BCUT2D eigenvalue weighted by Crippen LogP contribution is -2.55. The number of thioether (sulfide) groups is 1. The van der Waals surface area contributed by atoms with Gasteiger partial charge in [-0.05, 0) is 38.1 Å². The first-order chi connectivity index (χ1) is 13.6. The second-order valence-electron chi connectivity index (χ2n) is 6.42. The molecular weight excluding hydrogens is 374 g/mol. The first-order valence-corrected chi connectivity index (χ1v) is 10.2. The predicted octanol–water partition coefficient (Wildman–Crippen LogP) is 2.58. The van der Waals surface area contributed by atoms with Gasteiger partial charge in [-0.25, -0.2) is 9.97 Å². The molecule has 3 rings (SSSR count). The first-order valence-electron chi connectivity index (χ1n) is 9.23. The molecule has 0 unspecified atom stereocenters. The molecule has 7 nitrogen and oxygen atoms in total. The zero-order chi connectivity index (χ0) is 19.9. The van der Waals surface area contributed by atoms with Crippen molar-refractivity contribution in [2.75, 3.05) is 36.9 Å². The van der Waals surface area contributed by atoms with Crippen molar-refractivity contribution in [2.45, 2.75) is 24.8 Å². The van der Waals surface area contributed by atoms with Gasteiger partial charge in [-0.2, -0.15) is 5.26 Å². The molecule has 1 aromatic heterocycles. The smallest absolute Gasteiger partial charge is 0.233 e. The Hall–Kier alpha value is -2.79. The maximum atomic E-state index is 12.7. The molecule has 1 saturated heterocycles. The molecule has 28 heavy (non-hydrogen) atoms. The van der Waals surface area contributed by atoms with Crippen LogP contribution in [0.15, 0.2) is 41.6 Å². The number of nitrogens with zero attached hydrogens (tertiary/aromatic N) is 5. The van der Waals surface area contributed by atoms with Gasteiger partial charge in [0.1, 0.15) is 11.8 Å². The molecule has 0 saturated carbocycles. The zero-order valence-corrected chi connectivity index (χ0v) is 16.9. The summed E-state index contributed by atoms with van der Waals surface area (Å²) in [6, 6.07) is 9.91. The quantitative estimate of drug-likeness (QED) is 0.693. The molecule has 1 aliphatic heterocycles. The van der Waals surface area contributed by atoms with E-state index in [1.165, 1.54) is 18.0 Å². The molecular formula is C20H23N5O2S. The number of carbonyl (C=O) groups excluding carboxylic acids is 1. The third-order valence-electron chi connectivity index (χ3n) is 4.53. The van der Waals surface area contributed by atoms with Crippen molar-refractivity contribution in [1.29, 1.82) is 5.26 Å². The Labute approximate surface area is 169 Å². The Balaban J connectivity index is 1.55. The van der Waals surface area contributed by atoms with E-state index in [0.29, 0.717) is 43.5 Å². The molecule has 0 radical (unpaired) electrons. The number of rotatable bonds is 6. The molecule has 146 valence electrons. The Bertz CT molecular complexity index is 852. The molecule has 1 fully saturated rings. The van der Waals surface area contributed by atoms with Gasteiger partial charge in [-0.1, -0.05) is 0 Å². The van der Waals surface area contributed by atoms with Gasteiger partial charge in [0.15, 0.2) is 11.5 Å². The van der Waals surface area contributed by atoms with Gasteiger partial charge in [-0.15, -0.1) is 11.8 Å². The third-order valence-corrected chi connectivity index (χ3v) is 5.53. The predicted molar refractivity (Wildman–Crippen MR) is 108 cm³/mol. The molecule has 2 heterocycles. The summed E-state index contributed by atoms with van der Waals surface area (Å²) in [7, 11) is 0. The van der Waals surface area contributed by atoms with Crippen LogP contribution in [0.25, 0.3) is 0 Å². The lowest BCUT2D eigenvalue weighted by atomic mass is 10.2. The fourth-order valence-corrected chi connectivity index (χ4v) is 3.97. The number of anilines is 1. The van der Waals surface area contributed by atoms with Crippen LogP contribution in [0.3, 0.4) is 0 Å². The van der Waals surface area contributed by atoms with Gasteiger partial charge >= 0.3 is 0 Å². The van der Waals surface area contributed by atoms with Gasteiger partial charge in [0.05, 0.1) is 12.4 Å². The lowest BCUT2D eigenvalue weighted by Gasteiger charge is -2.40. The van der Waals surface area contributed by atoms with Crippen molar-refractivity contribution in [1.82, 2.24) is 14.9 Å². The van der Waals surface area contributed by atoms with E-state index in [1.807, 2.05) is 47.9 Å². The summed E-state index contributed by atoms with van der Waals surface area (Å²) in [6.07, 6.45) is 3.11. The lowest BCUT2D eigenvalue weighted by molar-refractivity contribution is -0.130. The Morgan fingerprint density at radius 2 is 2.04 bits per heavy atom. The van der Waals surface area contributed by atoms with E-state index in [4.69, 9.17) is 4.74 Å². The molecule has 0 bridgehead atoms. The number of benzene rings is 1. The van der Waals surface area contributed by atoms with Gasteiger partial charge in [0.2, 0.25) is 5.91 Å². The van der Waals surface area contributed by atoms with Crippen molar-refractivity contribution >= 4 is 23.5 Å². The SMILES string of the molecule is CCOc1ccc(SCC(=O)N2CCN(c3nccnc3C#N)C[C@@H]2C)cc1. The van der Waals surface area contributed by atoms with Crippen molar-refractivity contribution < 1.29 is 9.53 Å². The van der Waals surface area contributed by atoms with Crippen LogP contribution < -0.4 is 9.64 Å². The van der Waals surface area contributed by atoms with Crippen LogP contribution in [0.2, 0.25) is 0 Å². The van der Waals surface area contributed by atoms with Crippen LogP contribution in [0, 0.1) is 11.3 Å². The Kier molecular flexibility index (Phi) is 6.71. The summed E-state index contributed by atoms with van der Waals surface area (Å²) in [5.74, 6) is 1.94. The Morgan fingerprint density at radius 3 is 2.71 bits per heavy atom. The zero-order valence-electron chi connectivity index (χ0n) is 16.0. The molecule has 1 atom stereocenters. The first kappa shape index (κ1) is 20.0. The minimum Gasteiger partial charge on any atom is -0.494 e. The van der Waals surface area contributed by atoms with Gasteiger partial charge < -0.3 is 14.5 Å². The number of amides is 1. The molecule has 1 aromatic carbocycles. The van der Waals surface area contributed by atoms with Crippen molar-refractivity contribution in [2.24, 2.45) is 0 Å². The number of aromatic nitrogens is 2. The summed E-state index contributed by atoms with van der Waals surface area (Å²) in [5.41, 5.74) is 0.320. The fourth-order valence-electron chi connectivity index (χ4n) is 3.19. The van der Waals surface area contributed by atoms with Gasteiger partial charge in [0.25, 0.3) is 0 Å². The Morgan fingerprint density at radius 1 is 1.29 bits per heavy atom. The minimum absolute atomic E-state index is 0.0377. The highest BCUT2D eigenvalue weighted by molar-refractivity contribution is 8.00. The average Bonchev–Trinajstić information content (AvgIpc) is 2.73.